The van der Waals surface area contributed by atoms with Crippen molar-refractivity contribution in [2.24, 2.45) is 5.10 Å². The van der Waals surface area contributed by atoms with Crippen molar-refractivity contribution in [2.45, 2.75) is 39.7 Å². The number of fused-ring (bicyclic) bond motifs is 1. The minimum atomic E-state index is -0.897. The first-order valence-corrected chi connectivity index (χ1v) is 12.8. The van der Waals surface area contributed by atoms with Gasteiger partial charge in [-0.25, -0.2) is 9.78 Å². The minimum Gasteiger partial charge on any atom is -0.493 e. The molecule has 0 aliphatic rings. The molecule has 3 rings (SSSR count). The van der Waals surface area contributed by atoms with Crippen molar-refractivity contribution < 1.29 is 19.0 Å². The van der Waals surface area contributed by atoms with E-state index in [0.29, 0.717) is 33.2 Å². The van der Waals surface area contributed by atoms with Gasteiger partial charge >= 0.3 is 5.97 Å². The van der Waals surface area contributed by atoms with E-state index in [-0.39, 0.29) is 28.7 Å². The first kappa shape index (κ1) is 27.2. The summed E-state index contributed by atoms with van der Waals surface area (Å²) in [5.41, 5.74) is 0.858. The molecule has 0 aliphatic carbocycles. The second kappa shape index (κ2) is 12.0. The van der Waals surface area contributed by atoms with Gasteiger partial charge in [-0.3, -0.25) is 4.79 Å². The Labute approximate surface area is 224 Å². The number of ether oxygens (including phenoxy) is 3. The van der Waals surface area contributed by atoms with Crippen LogP contribution in [-0.2, 0) is 16.0 Å². The Balaban J connectivity index is 2.06. The first-order valence-electron chi connectivity index (χ1n) is 10.9. The van der Waals surface area contributed by atoms with Gasteiger partial charge in [-0.15, -0.1) is 0 Å². The van der Waals surface area contributed by atoms with Crippen molar-refractivity contribution in [3.05, 3.63) is 60.0 Å². The molecule has 11 heteroatoms. The standard InChI is InChI=1S/C24H24Br2ClN3O5/c1-5-7-19-29-17-9-8-15(25)11-16(17)23(31)30(19)28-12-14-10-18(33-4)22(21(27)20(14)26)35-13(3)24(32)34-6-2/h8-13H,5-7H2,1-4H3/t13-/m0/s1. The Kier molecular flexibility index (Phi) is 9.32. The zero-order valence-corrected chi connectivity index (χ0v) is 23.5. The normalized spacial score (nSPS) is 12.2. The quantitative estimate of drug-likeness (QED) is 0.221. The topological polar surface area (TPSA) is 92.0 Å². The zero-order valence-electron chi connectivity index (χ0n) is 19.6. The molecule has 0 N–H and O–H groups in total. The molecule has 0 fully saturated rings. The van der Waals surface area contributed by atoms with Crippen molar-refractivity contribution in [3.8, 4) is 11.5 Å². The van der Waals surface area contributed by atoms with Gasteiger partial charge in [0.2, 0.25) is 0 Å². The van der Waals surface area contributed by atoms with Gasteiger partial charge in [0.05, 0.1) is 30.8 Å². The fourth-order valence-corrected chi connectivity index (χ4v) is 4.27. The Hall–Kier alpha value is -2.43. The molecule has 1 heterocycles. The molecule has 1 atom stereocenters. The molecular formula is C24H24Br2ClN3O5. The second-order valence-electron chi connectivity index (χ2n) is 7.44. The molecule has 0 spiro atoms. The summed E-state index contributed by atoms with van der Waals surface area (Å²) in [6.07, 6.45) is 1.95. The van der Waals surface area contributed by atoms with Crippen LogP contribution in [0.15, 0.2) is 43.1 Å². The van der Waals surface area contributed by atoms with Crippen molar-refractivity contribution in [1.29, 1.82) is 0 Å². The van der Waals surface area contributed by atoms with E-state index in [1.807, 2.05) is 13.0 Å². The van der Waals surface area contributed by atoms with Crippen LogP contribution in [0, 0.1) is 0 Å². The Bertz CT molecular complexity index is 1340. The van der Waals surface area contributed by atoms with Gasteiger partial charge in [0.25, 0.3) is 5.56 Å². The van der Waals surface area contributed by atoms with Crippen LogP contribution in [0.4, 0.5) is 0 Å². The highest BCUT2D eigenvalue weighted by Crippen LogP contribution is 2.42. The van der Waals surface area contributed by atoms with Gasteiger partial charge in [-0.2, -0.15) is 9.78 Å². The predicted octanol–water partition coefficient (Wildman–Crippen LogP) is 5.75. The van der Waals surface area contributed by atoms with Crippen LogP contribution < -0.4 is 15.0 Å². The lowest BCUT2D eigenvalue weighted by atomic mass is 10.2. The van der Waals surface area contributed by atoms with Crippen LogP contribution in [0.25, 0.3) is 10.9 Å². The van der Waals surface area contributed by atoms with E-state index in [9.17, 15) is 9.59 Å². The van der Waals surface area contributed by atoms with E-state index >= 15 is 0 Å². The molecule has 0 bridgehead atoms. The SMILES string of the molecule is CCCc1nc2ccc(Br)cc2c(=O)n1N=Cc1cc(OC)c(O[C@@H](C)C(=O)OCC)c(Cl)c1Br. The van der Waals surface area contributed by atoms with Crippen molar-refractivity contribution in [2.75, 3.05) is 13.7 Å². The molecule has 2 aromatic carbocycles. The molecule has 0 aliphatic heterocycles. The Morgan fingerprint density at radius 1 is 1.29 bits per heavy atom. The number of aromatic nitrogens is 2. The summed E-state index contributed by atoms with van der Waals surface area (Å²) in [6.45, 7) is 5.51. The van der Waals surface area contributed by atoms with Gasteiger partial charge < -0.3 is 14.2 Å². The van der Waals surface area contributed by atoms with Crippen LogP contribution in [0.2, 0.25) is 5.02 Å². The number of methoxy groups -OCH3 is 1. The van der Waals surface area contributed by atoms with E-state index in [1.165, 1.54) is 18.0 Å². The number of halogens is 3. The maximum atomic E-state index is 13.2. The van der Waals surface area contributed by atoms with E-state index in [1.54, 1.807) is 32.0 Å². The molecule has 1 aromatic heterocycles. The monoisotopic (exact) mass is 627 g/mol. The predicted molar refractivity (Wildman–Crippen MR) is 143 cm³/mol. The van der Waals surface area contributed by atoms with Crippen LogP contribution in [-0.4, -0.2) is 41.7 Å². The summed E-state index contributed by atoms with van der Waals surface area (Å²) in [4.78, 5) is 29.9. The summed E-state index contributed by atoms with van der Waals surface area (Å²) in [5.74, 6) is 0.490. The number of esters is 1. The summed E-state index contributed by atoms with van der Waals surface area (Å²) in [7, 11) is 1.46. The molecule has 0 unspecified atom stereocenters. The first-order chi connectivity index (χ1) is 16.7. The third-order valence-corrected chi connectivity index (χ3v) is 6.89. The van der Waals surface area contributed by atoms with Gasteiger partial charge in [0.1, 0.15) is 10.8 Å². The van der Waals surface area contributed by atoms with Crippen LogP contribution in [0.5, 0.6) is 11.5 Å². The van der Waals surface area contributed by atoms with Crippen molar-refractivity contribution >= 4 is 66.5 Å². The fourth-order valence-electron chi connectivity index (χ4n) is 3.26. The molecule has 0 saturated heterocycles. The molecule has 8 nitrogen and oxygen atoms in total. The van der Waals surface area contributed by atoms with Gasteiger partial charge in [0.15, 0.2) is 17.6 Å². The third kappa shape index (κ3) is 6.05. The Morgan fingerprint density at radius 2 is 2.03 bits per heavy atom. The largest absolute Gasteiger partial charge is 0.493 e. The van der Waals surface area contributed by atoms with E-state index in [4.69, 9.17) is 25.8 Å². The minimum absolute atomic E-state index is 0.180. The van der Waals surface area contributed by atoms with Gasteiger partial charge in [-0.1, -0.05) is 34.5 Å². The molecule has 186 valence electrons. The molecule has 35 heavy (non-hydrogen) atoms. The third-order valence-electron chi connectivity index (χ3n) is 4.95. The average molecular weight is 630 g/mol. The molecule has 3 aromatic rings. The highest BCUT2D eigenvalue weighted by molar-refractivity contribution is 9.10. The van der Waals surface area contributed by atoms with Gasteiger partial charge in [0, 0.05) is 20.9 Å². The second-order valence-corrected chi connectivity index (χ2v) is 9.52. The highest BCUT2D eigenvalue weighted by atomic mass is 79.9. The number of carbonyl (C=O) groups excluding carboxylic acids is 1. The van der Waals surface area contributed by atoms with Crippen LogP contribution in [0.3, 0.4) is 0 Å². The summed E-state index contributed by atoms with van der Waals surface area (Å²) in [6, 6.07) is 7.00. The summed E-state index contributed by atoms with van der Waals surface area (Å²) in [5, 5.41) is 5.07. The lowest BCUT2D eigenvalue weighted by Gasteiger charge is -2.18. The number of hydrogen-bond donors (Lipinski definition) is 0. The molecular weight excluding hydrogens is 606 g/mol. The summed E-state index contributed by atoms with van der Waals surface area (Å²) < 4.78 is 18.7. The summed E-state index contributed by atoms with van der Waals surface area (Å²) >= 11 is 13.4. The van der Waals surface area contributed by atoms with Crippen molar-refractivity contribution in [3.63, 3.8) is 0 Å². The number of carbonyl (C=O) groups is 1. The maximum absolute atomic E-state index is 13.2. The number of nitrogens with zero attached hydrogens (tertiary/aromatic N) is 3. The molecule has 0 radical (unpaired) electrons. The zero-order chi connectivity index (χ0) is 25.7. The number of aryl methyl sites for hydroxylation is 1. The Morgan fingerprint density at radius 3 is 2.69 bits per heavy atom. The highest BCUT2D eigenvalue weighted by Gasteiger charge is 2.23. The van der Waals surface area contributed by atoms with Crippen LogP contribution >= 0.6 is 43.5 Å². The van der Waals surface area contributed by atoms with Crippen molar-refractivity contribution in [1.82, 2.24) is 9.66 Å². The van der Waals surface area contributed by atoms with E-state index < -0.39 is 12.1 Å². The lowest BCUT2D eigenvalue weighted by Crippen LogP contribution is -2.26. The molecule has 0 saturated carbocycles. The number of hydrogen-bond acceptors (Lipinski definition) is 7. The number of benzene rings is 2. The van der Waals surface area contributed by atoms with Crippen LogP contribution in [0.1, 0.15) is 38.6 Å². The lowest BCUT2D eigenvalue weighted by molar-refractivity contribution is -0.150. The number of rotatable bonds is 9. The maximum Gasteiger partial charge on any atom is 0.347 e. The fraction of sp³-hybridized carbons (Fsp3) is 0.333. The van der Waals surface area contributed by atoms with E-state index in [0.717, 1.165) is 10.9 Å². The average Bonchev–Trinajstić information content (AvgIpc) is 2.83. The van der Waals surface area contributed by atoms with E-state index in [2.05, 4.69) is 41.9 Å². The smallest absolute Gasteiger partial charge is 0.347 e. The van der Waals surface area contributed by atoms with Gasteiger partial charge in [-0.05, 0) is 60.5 Å². The molecule has 0 amide bonds.